The summed E-state index contributed by atoms with van der Waals surface area (Å²) in [5.74, 6) is 0.347. The lowest BCUT2D eigenvalue weighted by Gasteiger charge is -2.22. The molecule has 1 aliphatic rings. The maximum atomic E-state index is 12.9. The zero-order chi connectivity index (χ0) is 19.8. The van der Waals surface area contributed by atoms with Crippen LogP contribution >= 0.6 is 0 Å². The molecule has 0 unspecified atom stereocenters. The highest BCUT2D eigenvalue weighted by molar-refractivity contribution is 5.76. The minimum absolute atomic E-state index is 0.0855. The Kier molecular flexibility index (Phi) is 6.99. The highest BCUT2D eigenvalue weighted by Gasteiger charge is 2.19. The second-order valence-electron chi connectivity index (χ2n) is 6.87. The fourth-order valence-electron chi connectivity index (χ4n) is 3.27. The monoisotopic (exact) mass is 381 g/mol. The third-order valence-corrected chi connectivity index (χ3v) is 4.83. The van der Waals surface area contributed by atoms with Gasteiger partial charge in [0.05, 0.1) is 24.7 Å². The molecule has 2 aromatic carbocycles. The van der Waals surface area contributed by atoms with E-state index in [1.54, 1.807) is 12.1 Å². The van der Waals surface area contributed by atoms with Gasteiger partial charge in [-0.3, -0.25) is 9.69 Å². The molecule has 0 spiro atoms. The molecule has 0 bridgehead atoms. The lowest BCUT2D eigenvalue weighted by Crippen LogP contribution is -2.35. The number of carbonyl (C=O) groups is 1. The molecule has 5 nitrogen and oxygen atoms in total. The Morgan fingerprint density at radius 3 is 2.50 bits per heavy atom. The third-order valence-electron chi connectivity index (χ3n) is 4.83. The van der Waals surface area contributed by atoms with Crippen molar-refractivity contribution in [1.82, 2.24) is 9.80 Å². The average Bonchev–Trinajstić information content (AvgIpc) is 2.96. The van der Waals surface area contributed by atoms with Crippen LogP contribution in [0.15, 0.2) is 48.5 Å². The molecular weight excluding hydrogens is 357 g/mol. The van der Waals surface area contributed by atoms with Gasteiger partial charge in [0.25, 0.3) is 0 Å². The predicted molar refractivity (Wildman–Crippen MR) is 104 cm³/mol. The molecular formula is C22H24FN3O2. The summed E-state index contributed by atoms with van der Waals surface area (Å²) in [4.78, 5) is 16.7. The lowest BCUT2D eigenvalue weighted by molar-refractivity contribution is -0.131. The number of nitriles is 1. The van der Waals surface area contributed by atoms with E-state index < -0.39 is 0 Å². The number of ether oxygens (including phenoxy) is 1. The van der Waals surface area contributed by atoms with Gasteiger partial charge < -0.3 is 9.64 Å². The Balaban J connectivity index is 1.42. The molecule has 2 aromatic rings. The largest absolute Gasteiger partial charge is 0.493 e. The SMILES string of the molecule is N#Cc1ccc(CN2CCCN(C(=O)CCOc3ccc(F)cc3)CC2)cc1. The summed E-state index contributed by atoms with van der Waals surface area (Å²) >= 11 is 0. The fraction of sp³-hybridized carbons (Fsp3) is 0.364. The third kappa shape index (κ3) is 5.80. The summed E-state index contributed by atoms with van der Waals surface area (Å²) in [5, 5.41) is 8.88. The Morgan fingerprint density at radius 2 is 1.79 bits per heavy atom. The smallest absolute Gasteiger partial charge is 0.226 e. The first-order valence-electron chi connectivity index (χ1n) is 9.51. The first-order chi connectivity index (χ1) is 13.6. The maximum absolute atomic E-state index is 12.9. The highest BCUT2D eigenvalue weighted by atomic mass is 19.1. The first-order valence-corrected chi connectivity index (χ1v) is 9.51. The van der Waals surface area contributed by atoms with Gasteiger partial charge in [-0.1, -0.05) is 12.1 Å². The number of halogens is 1. The van der Waals surface area contributed by atoms with E-state index in [1.807, 2.05) is 29.2 Å². The molecule has 1 amide bonds. The van der Waals surface area contributed by atoms with E-state index in [1.165, 1.54) is 17.7 Å². The van der Waals surface area contributed by atoms with Crippen molar-refractivity contribution < 1.29 is 13.9 Å². The summed E-state index contributed by atoms with van der Waals surface area (Å²) in [7, 11) is 0. The standard InChI is InChI=1S/C22H24FN3O2/c23-20-6-8-21(9-7-20)28-15-10-22(27)26-12-1-11-25(13-14-26)17-19-4-2-18(16-24)3-5-19/h2-9H,1,10-15,17H2. The van der Waals surface area contributed by atoms with E-state index in [0.29, 0.717) is 24.3 Å². The second-order valence-corrected chi connectivity index (χ2v) is 6.87. The normalized spacial score (nSPS) is 14.9. The predicted octanol–water partition coefficient (Wildman–Crippen LogP) is 3.20. The number of hydrogen-bond acceptors (Lipinski definition) is 4. The number of rotatable bonds is 6. The van der Waals surface area contributed by atoms with Gasteiger partial charge in [0.2, 0.25) is 5.91 Å². The van der Waals surface area contributed by atoms with Gasteiger partial charge in [0.1, 0.15) is 11.6 Å². The molecule has 0 saturated carbocycles. The quantitative estimate of drug-likeness (QED) is 0.771. The molecule has 0 aliphatic carbocycles. The van der Waals surface area contributed by atoms with E-state index in [9.17, 15) is 9.18 Å². The van der Waals surface area contributed by atoms with Crippen LogP contribution in [0.3, 0.4) is 0 Å². The summed E-state index contributed by atoms with van der Waals surface area (Å²) < 4.78 is 18.4. The molecule has 0 aromatic heterocycles. The molecule has 6 heteroatoms. The van der Waals surface area contributed by atoms with Gasteiger partial charge in [-0.15, -0.1) is 0 Å². The Labute approximate surface area is 164 Å². The van der Waals surface area contributed by atoms with Crippen molar-refractivity contribution in [3.8, 4) is 11.8 Å². The van der Waals surface area contributed by atoms with Crippen LogP contribution in [0.4, 0.5) is 4.39 Å². The van der Waals surface area contributed by atoms with Crippen LogP contribution in [0.25, 0.3) is 0 Å². The van der Waals surface area contributed by atoms with Crippen molar-refractivity contribution in [2.75, 3.05) is 32.8 Å². The van der Waals surface area contributed by atoms with Crippen LogP contribution in [-0.2, 0) is 11.3 Å². The van der Waals surface area contributed by atoms with Crippen molar-refractivity contribution in [3.05, 3.63) is 65.5 Å². The van der Waals surface area contributed by atoms with Crippen molar-refractivity contribution in [3.63, 3.8) is 0 Å². The molecule has 1 aliphatic heterocycles. The zero-order valence-corrected chi connectivity index (χ0v) is 15.8. The molecule has 146 valence electrons. The summed E-state index contributed by atoms with van der Waals surface area (Å²) in [6.45, 7) is 4.32. The average molecular weight is 381 g/mol. The Morgan fingerprint density at radius 1 is 1.04 bits per heavy atom. The molecule has 28 heavy (non-hydrogen) atoms. The van der Waals surface area contributed by atoms with Gasteiger partial charge in [-0.2, -0.15) is 5.26 Å². The van der Waals surface area contributed by atoms with Crippen LogP contribution in [0, 0.1) is 17.1 Å². The first kappa shape index (κ1) is 19.8. The molecule has 1 fully saturated rings. The topological polar surface area (TPSA) is 56.6 Å². The van der Waals surface area contributed by atoms with Crippen molar-refractivity contribution in [1.29, 1.82) is 5.26 Å². The molecule has 0 atom stereocenters. The number of hydrogen-bond donors (Lipinski definition) is 0. The van der Waals surface area contributed by atoms with Crippen LogP contribution in [0.5, 0.6) is 5.75 Å². The van der Waals surface area contributed by atoms with Gasteiger partial charge >= 0.3 is 0 Å². The number of benzene rings is 2. The second kappa shape index (κ2) is 9.86. The van der Waals surface area contributed by atoms with Gasteiger partial charge in [-0.25, -0.2) is 4.39 Å². The molecule has 3 rings (SSSR count). The van der Waals surface area contributed by atoms with Crippen LogP contribution in [0.2, 0.25) is 0 Å². The van der Waals surface area contributed by atoms with E-state index in [-0.39, 0.29) is 18.3 Å². The van der Waals surface area contributed by atoms with Gasteiger partial charge in [0.15, 0.2) is 0 Å². The van der Waals surface area contributed by atoms with E-state index in [2.05, 4.69) is 11.0 Å². The van der Waals surface area contributed by atoms with Gasteiger partial charge in [-0.05, 0) is 48.4 Å². The highest BCUT2D eigenvalue weighted by Crippen LogP contribution is 2.13. The van der Waals surface area contributed by atoms with Crippen molar-refractivity contribution >= 4 is 5.91 Å². The van der Waals surface area contributed by atoms with Crippen LogP contribution in [0.1, 0.15) is 24.0 Å². The minimum Gasteiger partial charge on any atom is -0.493 e. The van der Waals surface area contributed by atoms with Gasteiger partial charge in [0, 0.05) is 32.7 Å². The maximum Gasteiger partial charge on any atom is 0.226 e. The fourth-order valence-corrected chi connectivity index (χ4v) is 3.27. The number of carbonyl (C=O) groups excluding carboxylic acids is 1. The number of amides is 1. The Bertz CT molecular complexity index is 815. The van der Waals surface area contributed by atoms with Crippen LogP contribution < -0.4 is 4.74 Å². The zero-order valence-electron chi connectivity index (χ0n) is 15.8. The summed E-state index contributed by atoms with van der Waals surface area (Å²) in [6, 6.07) is 15.6. The molecule has 0 N–H and O–H groups in total. The van der Waals surface area contributed by atoms with Crippen molar-refractivity contribution in [2.45, 2.75) is 19.4 Å². The molecule has 1 saturated heterocycles. The molecule has 0 radical (unpaired) electrons. The summed E-state index contributed by atoms with van der Waals surface area (Å²) in [6.07, 6.45) is 1.24. The number of nitrogens with zero attached hydrogens (tertiary/aromatic N) is 3. The van der Waals surface area contributed by atoms with E-state index >= 15 is 0 Å². The van der Waals surface area contributed by atoms with Crippen LogP contribution in [-0.4, -0.2) is 48.5 Å². The van der Waals surface area contributed by atoms with E-state index in [4.69, 9.17) is 10.00 Å². The van der Waals surface area contributed by atoms with Crippen molar-refractivity contribution in [2.24, 2.45) is 0 Å². The molecule has 1 heterocycles. The lowest BCUT2D eigenvalue weighted by atomic mass is 10.1. The minimum atomic E-state index is -0.307. The Hall–Kier alpha value is -2.91. The summed E-state index contributed by atoms with van der Waals surface area (Å²) in [5.41, 5.74) is 1.84. The van der Waals surface area contributed by atoms with E-state index in [0.717, 1.165) is 32.6 Å².